The number of fused-ring (bicyclic) bond motifs is 1. The van der Waals surface area contributed by atoms with E-state index in [9.17, 15) is 9.59 Å². The van der Waals surface area contributed by atoms with Crippen LogP contribution in [-0.2, 0) is 4.79 Å². The molecule has 100 valence electrons. The Morgan fingerprint density at radius 2 is 2.17 bits per heavy atom. The molecule has 2 aliphatic rings. The van der Waals surface area contributed by atoms with Gasteiger partial charge in [-0.15, -0.1) is 0 Å². The summed E-state index contributed by atoms with van der Waals surface area (Å²) >= 11 is 1.13. The van der Waals surface area contributed by atoms with Gasteiger partial charge in [-0.3, -0.25) is 9.59 Å². The summed E-state index contributed by atoms with van der Waals surface area (Å²) in [6.07, 6.45) is 7.98. The van der Waals surface area contributed by atoms with E-state index in [-0.39, 0.29) is 11.7 Å². The number of likely N-dealkylation sites (tertiary alicyclic amines) is 1. The second kappa shape index (κ2) is 6.27. The maximum Gasteiger partial charge on any atom is 0.304 e. The lowest BCUT2D eigenvalue weighted by atomic mass is 9.85. The van der Waals surface area contributed by atoms with Crippen molar-refractivity contribution in [3.05, 3.63) is 11.8 Å². The minimum Gasteiger partial charge on any atom is -0.481 e. The molecule has 1 heterocycles. The maximum atomic E-state index is 12.1. The highest BCUT2D eigenvalue weighted by molar-refractivity contribution is 8.13. The lowest BCUT2D eigenvalue weighted by Crippen LogP contribution is -2.37. The Bertz CT molecular complexity index is 367. The van der Waals surface area contributed by atoms with E-state index >= 15 is 0 Å². The SMILES string of the molecule is O=C(O)CCSC(=O)N1CCCC2CCCC=C21. The van der Waals surface area contributed by atoms with Gasteiger partial charge in [0.2, 0.25) is 0 Å². The molecule has 0 radical (unpaired) electrons. The molecule has 1 atom stereocenters. The number of aliphatic carboxylic acids is 1. The number of carbonyl (C=O) groups excluding carboxylic acids is 1. The fourth-order valence-corrected chi connectivity index (χ4v) is 3.48. The summed E-state index contributed by atoms with van der Waals surface area (Å²) in [7, 11) is 0. The minimum atomic E-state index is -0.844. The zero-order valence-electron chi connectivity index (χ0n) is 10.4. The van der Waals surface area contributed by atoms with Gasteiger partial charge in [0.1, 0.15) is 0 Å². The Kier molecular flexibility index (Phi) is 4.69. The number of nitrogens with zero attached hydrogens (tertiary/aromatic N) is 1. The van der Waals surface area contributed by atoms with Crippen LogP contribution in [0.25, 0.3) is 0 Å². The molecular weight excluding hydrogens is 250 g/mol. The topological polar surface area (TPSA) is 57.6 Å². The summed E-state index contributed by atoms with van der Waals surface area (Å²) in [6.45, 7) is 0.793. The first-order valence-corrected chi connectivity index (χ1v) is 7.53. The van der Waals surface area contributed by atoms with Crippen molar-refractivity contribution in [2.75, 3.05) is 12.3 Å². The third-order valence-electron chi connectivity index (χ3n) is 3.54. The van der Waals surface area contributed by atoms with E-state index in [1.54, 1.807) is 0 Å². The van der Waals surface area contributed by atoms with Gasteiger partial charge in [0.25, 0.3) is 5.24 Å². The Balaban J connectivity index is 1.92. The lowest BCUT2D eigenvalue weighted by Gasteiger charge is -2.37. The van der Waals surface area contributed by atoms with Crippen molar-refractivity contribution in [2.24, 2.45) is 5.92 Å². The maximum absolute atomic E-state index is 12.1. The van der Waals surface area contributed by atoms with Crippen LogP contribution >= 0.6 is 11.8 Å². The Labute approximate surface area is 111 Å². The van der Waals surface area contributed by atoms with Crippen LogP contribution < -0.4 is 0 Å². The van der Waals surface area contributed by atoms with Crippen molar-refractivity contribution in [2.45, 2.75) is 38.5 Å². The quantitative estimate of drug-likeness (QED) is 0.855. The Morgan fingerprint density at radius 3 is 2.94 bits per heavy atom. The van der Waals surface area contributed by atoms with Crippen LogP contribution in [0.4, 0.5) is 4.79 Å². The molecule has 0 aromatic carbocycles. The van der Waals surface area contributed by atoms with Crippen LogP contribution in [0.5, 0.6) is 0 Å². The average molecular weight is 269 g/mol. The van der Waals surface area contributed by atoms with E-state index in [0.717, 1.165) is 31.1 Å². The summed E-state index contributed by atoms with van der Waals surface area (Å²) in [5.41, 5.74) is 1.19. The first-order chi connectivity index (χ1) is 8.68. The van der Waals surface area contributed by atoms with Gasteiger partial charge in [-0.25, -0.2) is 0 Å². The Hall–Kier alpha value is -0.970. The summed E-state index contributed by atoms with van der Waals surface area (Å²) < 4.78 is 0. The third kappa shape index (κ3) is 3.28. The molecule has 0 saturated carbocycles. The highest BCUT2D eigenvalue weighted by Crippen LogP contribution is 2.36. The monoisotopic (exact) mass is 269 g/mol. The zero-order chi connectivity index (χ0) is 13.0. The predicted octanol–water partition coefficient (Wildman–Crippen LogP) is 3.09. The van der Waals surface area contributed by atoms with Crippen LogP contribution in [0, 0.1) is 5.92 Å². The fourth-order valence-electron chi connectivity index (χ4n) is 2.68. The summed E-state index contributed by atoms with van der Waals surface area (Å²) in [5.74, 6) is 0.0722. The number of hydrogen-bond acceptors (Lipinski definition) is 3. The van der Waals surface area contributed by atoms with Crippen LogP contribution in [0.3, 0.4) is 0 Å². The molecule has 1 amide bonds. The molecule has 0 aromatic heterocycles. The van der Waals surface area contributed by atoms with Crippen molar-refractivity contribution in [1.29, 1.82) is 0 Å². The number of carboxylic acids is 1. The average Bonchev–Trinajstić information content (AvgIpc) is 2.37. The minimum absolute atomic E-state index is 0.0223. The van der Waals surface area contributed by atoms with E-state index in [1.807, 2.05) is 4.90 Å². The molecule has 0 bridgehead atoms. The van der Waals surface area contributed by atoms with Crippen molar-refractivity contribution in [3.63, 3.8) is 0 Å². The molecule has 18 heavy (non-hydrogen) atoms. The van der Waals surface area contributed by atoms with Gasteiger partial charge < -0.3 is 10.0 Å². The number of carbonyl (C=O) groups is 2. The Morgan fingerprint density at radius 1 is 1.39 bits per heavy atom. The number of hydrogen-bond donors (Lipinski definition) is 1. The van der Waals surface area contributed by atoms with Gasteiger partial charge in [0.05, 0.1) is 6.42 Å². The molecular formula is C13H19NO3S. The number of allylic oxidation sites excluding steroid dienone is 2. The fraction of sp³-hybridized carbons (Fsp3) is 0.692. The van der Waals surface area contributed by atoms with E-state index in [2.05, 4.69) is 6.08 Å². The molecule has 1 aliphatic carbocycles. The first-order valence-electron chi connectivity index (χ1n) is 6.54. The predicted molar refractivity (Wildman–Crippen MR) is 71.5 cm³/mol. The molecule has 1 N–H and O–H groups in total. The molecule has 1 saturated heterocycles. The number of piperidine rings is 1. The smallest absolute Gasteiger partial charge is 0.304 e. The van der Waals surface area contributed by atoms with Crippen molar-refractivity contribution >= 4 is 23.0 Å². The van der Waals surface area contributed by atoms with Crippen molar-refractivity contribution < 1.29 is 14.7 Å². The second-order valence-corrected chi connectivity index (χ2v) is 5.85. The van der Waals surface area contributed by atoms with Gasteiger partial charge in [-0.2, -0.15) is 0 Å². The standard InChI is InChI=1S/C13H19NO3S/c15-12(16)7-9-18-13(17)14-8-3-5-10-4-1-2-6-11(10)14/h6,10H,1-5,7-9H2,(H,15,16). The molecule has 1 aliphatic heterocycles. The number of carboxylic acid groups (broad SMARTS) is 1. The zero-order valence-corrected chi connectivity index (χ0v) is 11.2. The molecule has 1 unspecified atom stereocenters. The molecule has 2 rings (SSSR count). The van der Waals surface area contributed by atoms with E-state index in [1.165, 1.54) is 25.0 Å². The van der Waals surface area contributed by atoms with E-state index < -0.39 is 5.97 Å². The van der Waals surface area contributed by atoms with Crippen LogP contribution in [-0.4, -0.2) is 33.5 Å². The first kappa shape index (κ1) is 13.5. The van der Waals surface area contributed by atoms with Gasteiger partial charge in [0.15, 0.2) is 0 Å². The number of thioether (sulfide) groups is 1. The number of amides is 1. The molecule has 5 heteroatoms. The van der Waals surface area contributed by atoms with Crippen LogP contribution in [0.1, 0.15) is 38.5 Å². The second-order valence-electron chi connectivity index (χ2n) is 4.81. The summed E-state index contributed by atoms with van der Waals surface area (Å²) in [6, 6.07) is 0. The van der Waals surface area contributed by atoms with Gasteiger partial charge in [0, 0.05) is 18.0 Å². The van der Waals surface area contributed by atoms with E-state index in [4.69, 9.17) is 5.11 Å². The molecule has 1 fully saturated rings. The normalized spacial score (nSPS) is 23.2. The summed E-state index contributed by atoms with van der Waals surface area (Å²) in [4.78, 5) is 24.4. The molecule has 4 nitrogen and oxygen atoms in total. The largest absolute Gasteiger partial charge is 0.481 e. The van der Waals surface area contributed by atoms with Gasteiger partial charge >= 0.3 is 5.97 Å². The van der Waals surface area contributed by atoms with Crippen LogP contribution in [0.15, 0.2) is 11.8 Å². The molecule has 0 spiro atoms. The number of rotatable bonds is 3. The third-order valence-corrected chi connectivity index (χ3v) is 4.41. The van der Waals surface area contributed by atoms with E-state index in [0.29, 0.717) is 11.7 Å². The highest BCUT2D eigenvalue weighted by atomic mass is 32.2. The van der Waals surface area contributed by atoms with Gasteiger partial charge in [-0.05, 0) is 38.0 Å². The van der Waals surface area contributed by atoms with Crippen molar-refractivity contribution in [1.82, 2.24) is 4.90 Å². The van der Waals surface area contributed by atoms with Crippen LogP contribution in [0.2, 0.25) is 0 Å². The molecule has 0 aromatic rings. The highest BCUT2D eigenvalue weighted by Gasteiger charge is 2.30. The summed E-state index contributed by atoms with van der Waals surface area (Å²) in [5, 5.41) is 8.60. The van der Waals surface area contributed by atoms with Crippen molar-refractivity contribution in [3.8, 4) is 0 Å². The lowest BCUT2D eigenvalue weighted by molar-refractivity contribution is -0.136. The van der Waals surface area contributed by atoms with Gasteiger partial charge in [-0.1, -0.05) is 17.8 Å².